The molecule has 5 nitrogen and oxygen atoms in total. The zero-order valence-corrected chi connectivity index (χ0v) is 21.6. The number of aromatic carboxylic acids is 1. The molecule has 7 heteroatoms. The van der Waals surface area contributed by atoms with Gasteiger partial charge in [-0.2, -0.15) is 0 Å². The number of hydrogen-bond acceptors (Lipinski definition) is 3. The maximum atomic E-state index is 11.1. The summed E-state index contributed by atoms with van der Waals surface area (Å²) in [6.45, 7) is 0.297. The number of rotatable bonds is 8. The molecular weight excluding hydrogens is 519 g/mol. The van der Waals surface area contributed by atoms with E-state index in [9.17, 15) is 4.79 Å². The number of halogens is 2. The Morgan fingerprint density at radius 3 is 2.42 bits per heavy atom. The molecule has 2 N–H and O–H groups in total. The predicted molar refractivity (Wildman–Crippen MR) is 153 cm³/mol. The Kier molecular flexibility index (Phi) is 7.59. The van der Waals surface area contributed by atoms with E-state index in [4.69, 9.17) is 33.0 Å². The normalized spacial score (nSPS) is 11.1. The third kappa shape index (κ3) is 5.97. The van der Waals surface area contributed by atoms with Crippen LogP contribution in [0.5, 0.6) is 5.75 Å². The van der Waals surface area contributed by atoms with Gasteiger partial charge in [-0.3, -0.25) is 0 Å². The first-order valence-corrected chi connectivity index (χ1v) is 12.5. The number of aromatic nitrogens is 2. The fourth-order valence-corrected chi connectivity index (χ4v) is 4.47. The summed E-state index contributed by atoms with van der Waals surface area (Å²) in [6, 6.07) is 28.1. The van der Waals surface area contributed by atoms with Crippen LogP contribution in [0.25, 0.3) is 34.5 Å². The lowest BCUT2D eigenvalue weighted by Crippen LogP contribution is -2.00. The number of benzene rings is 4. The van der Waals surface area contributed by atoms with Crippen molar-refractivity contribution in [2.75, 3.05) is 0 Å². The number of nitrogens with one attached hydrogen (secondary N) is 1. The van der Waals surface area contributed by atoms with Crippen molar-refractivity contribution in [1.82, 2.24) is 9.97 Å². The maximum Gasteiger partial charge on any atom is 0.335 e. The summed E-state index contributed by atoms with van der Waals surface area (Å²) in [6.07, 6.45) is 5.56. The van der Waals surface area contributed by atoms with E-state index in [2.05, 4.69) is 28.2 Å². The fourth-order valence-electron chi connectivity index (χ4n) is 3.96. The molecule has 5 aromatic rings. The van der Waals surface area contributed by atoms with E-state index in [1.165, 1.54) is 0 Å². The number of carbonyl (C=O) groups is 1. The van der Waals surface area contributed by atoms with Gasteiger partial charge in [0, 0.05) is 16.1 Å². The van der Waals surface area contributed by atoms with Crippen LogP contribution in [0.3, 0.4) is 0 Å². The average molecular weight is 541 g/mol. The van der Waals surface area contributed by atoms with Gasteiger partial charge in [0.05, 0.1) is 22.5 Å². The van der Waals surface area contributed by atoms with E-state index in [1.807, 2.05) is 48.6 Å². The van der Waals surface area contributed by atoms with Crippen LogP contribution in [0.4, 0.5) is 0 Å². The molecule has 4 aromatic carbocycles. The highest BCUT2D eigenvalue weighted by Crippen LogP contribution is 2.31. The standard InChI is InChI=1S/C31H22Cl2N2O3/c32-25-12-13-26(27(33)17-25)28-18-34-30(35-28)15-11-24-16-23(21-4-2-1-3-5-21)10-14-29(24)38-19-20-6-8-22(9-7-20)31(36)37/h1-18H,19H2,(H,34,35)(H,36,37). The van der Waals surface area contributed by atoms with Crippen LogP contribution in [-0.4, -0.2) is 21.0 Å². The SMILES string of the molecule is O=C(O)c1ccc(COc2ccc(-c3ccccc3)cc2C=Cc2ncc(-c3ccc(Cl)cc3Cl)[nH]2)cc1. The zero-order chi connectivity index (χ0) is 26.5. The second-order valence-corrected chi connectivity index (χ2v) is 9.39. The minimum atomic E-state index is -0.958. The third-order valence-electron chi connectivity index (χ3n) is 5.95. The minimum Gasteiger partial charge on any atom is -0.488 e. The lowest BCUT2D eigenvalue weighted by molar-refractivity contribution is 0.0697. The molecule has 1 heterocycles. The van der Waals surface area contributed by atoms with Gasteiger partial charge in [-0.05, 0) is 71.3 Å². The number of carboxylic acid groups (broad SMARTS) is 1. The van der Waals surface area contributed by atoms with E-state index in [1.54, 1.807) is 42.6 Å². The van der Waals surface area contributed by atoms with Crippen molar-refractivity contribution in [1.29, 1.82) is 0 Å². The lowest BCUT2D eigenvalue weighted by Gasteiger charge is -2.12. The van der Waals surface area contributed by atoms with Crippen molar-refractivity contribution in [2.24, 2.45) is 0 Å². The number of H-pyrrole nitrogens is 1. The topological polar surface area (TPSA) is 75.2 Å². The number of aromatic amines is 1. The molecular formula is C31H22Cl2N2O3. The molecule has 0 aliphatic heterocycles. The molecule has 0 saturated carbocycles. The summed E-state index contributed by atoms with van der Waals surface area (Å²) in [7, 11) is 0. The van der Waals surface area contributed by atoms with Crippen molar-refractivity contribution in [3.63, 3.8) is 0 Å². The van der Waals surface area contributed by atoms with Gasteiger partial charge < -0.3 is 14.8 Å². The van der Waals surface area contributed by atoms with Crippen LogP contribution in [0.2, 0.25) is 10.0 Å². The van der Waals surface area contributed by atoms with E-state index in [0.717, 1.165) is 33.5 Å². The van der Waals surface area contributed by atoms with E-state index in [0.29, 0.717) is 28.2 Å². The summed E-state index contributed by atoms with van der Waals surface area (Å²) in [5.41, 5.74) is 5.72. The first-order valence-electron chi connectivity index (χ1n) is 11.8. The fraction of sp³-hybridized carbons (Fsp3) is 0.0323. The lowest BCUT2D eigenvalue weighted by atomic mass is 10.0. The van der Waals surface area contributed by atoms with Gasteiger partial charge in [0.1, 0.15) is 18.2 Å². The van der Waals surface area contributed by atoms with Gasteiger partial charge in [-0.25, -0.2) is 9.78 Å². The van der Waals surface area contributed by atoms with Gasteiger partial charge in [0.25, 0.3) is 0 Å². The second-order valence-electron chi connectivity index (χ2n) is 8.55. The Morgan fingerprint density at radius 1 is 0.895 bits per heavy atom. The molecule has 188 valence electrons. The number of imidazole rings is 1. The Hall–Kier alpha value is -4.32. The first-order chi connectivity index (χ1) is 18.5. The Bertz CT molecular complexity index is 1610. The molecule has 0 radical (unpaired) electrons. The summed E-state index contributed by atoms with van der Waals surface area (Å²) < 4.78 is 6.15. The Balaban J connectivity index is 1.42. The second kappa shape index (κ2) is 11.4. The van der Waals surface area contributed by atoms with Crippen molar-refractivity contribution in [3.05, 3.63) is 130 Å². The molecule has 1 aromatic heterocycles. The third-order valence-corrected chi connectivity index (χ3v) is 6.50. The highest BCUT2D eigenvalue weighted by Gasteiger charge is 2.09. The molecule has 0 atom stereocenters. The summed E-state index contributed by atoms with van der Waals surface area (Å²) >= 11 is 12.4. The van der Waals surface area contributed by atoms with Crippen molar-refractivity contribution >= 4 is 41.3 Å². The maximum absolute atomic E-state index is 11.1. The average Bonchev–Trinajstić information content (AvgIpc) is 3.40. The Labute approximate surface area is 230 Å². The zero-order valence-electron chi connectivity index (χ0n) is 20.1. The van der Waals surface area contributed by atoms with Crippen LogP contribution >= 0.6 is 23.2 Å². The van der Waals surface area contributed by atoms with E-state index < -0.39 is 5.97 Å². The number of ether oxygens (including phenoxy) is 1. The molecule has 0 aliphatic carbocycles. The Morgan fingerprint density at radius 2 is 1.68 bits per heavy atom. The highest BCUT2D eigenvalue weighted by atomic mass is 35.5. The first kappa shape index (κ1) is 25.3. The van der Waals surface area contributed by atoms with Crippen molar-refractivity contribution < 1.29 is 14.6 Å². The van der Waals surface area contributed by atoms with Crippen LogP contribution in [0, 0.1) is 0 Å². The van der Waals surface area contributed by atoms with Crippen LogP contribution in [0.15, 0.2) is 97.2 Å². The minimum absolute atomic E-state index is 0.238. The molecule has 0 spiro atoms. The summed E-state index contributed by atoms with van der Waals surface area (Å²) in [5.74, 6) is 0.392. The molecule has 5 rings (SSSR count). The summed E-state index contributed by atoms with van der Waals surface area (Å²) in [5, 5.41) is 10.2. The van der Waals surface area contributed by atoms with E-state index in [-0.39, 0.29) is 5.56 Å². The summed E-state index contributed by atoms with van der Waals surface area (Å²) in [4.78, 5) is 18.9. The molecule has 0 bridgehead atoms. The van der Waals surface area contributed by atoms with E-state index >= 15 is 0 Å². The van der Waals surface area contributed by atoms with Crippen LogP contribution < -0.4 is 4.74 Å². The molecule has 0 fully saturated rings. The quantitative estimate of drug-likeness (QED) is 0.207. The van der Waals surface area contributed by atoms with Gasteiger partial charge in [0.2, 0.25) is 0 Å². The molecule has 0 amide bonds. The highest BCUT2D eigenvalue weighted by molar-refractivity contribution is 6.36. The largest absolute Gasteiger partial charge is 0.488 e. The van der Waals surface area contributed by atoms with Crippen molar-refractivity contribution in [2.45, 2.75) is 6.61 Å². The monoisotopic (exact) mass is 540 g/mol. The molecule has 0 saturated heterocycles. The van der Waals surface area contributed by atoms with Crippen LogP contribution in [-0.2, 0) is 6.61 Å². The van der Waals surface area contributed by atoms with Crippen LogP contribution in [0.1, 0.15) is 27.3 Å². The van der Waals surface area contributed by atoms with Gasteiger partial charge in [0.15, 0.2) is 0 Å². The molecule has 0 unspecified atom stereocenters. The number of nitrogens with zero attached hydrogens (tertiary/aromatic N) is 1. The number of carboxylic acids is 1. The smallest absolute Gasteiger partial charge is 0.335 e. The predicted octanol–water partition coefficient (Wildman–Crippen LogP) is 8.50. The van der Waals surface area contributed by atoms with Gasteiger partial charge in [-0.1, -0.05) is 71.7 Å². The van der Waals surface area contributed by atoms with Gasteiger partial charge >= 0.3 is 5.97 Å². The van der Waals surface area contributed by atoms with Gasteiger partial charge in [-0.15, -0.1) is 0 Å². The number of hydrogen-bond donors (Lipinski definition) is 2. The molecule has 0 aliphatic rings. The molecule has 38 heavy (non-hydrogen) atoms. The van der Waals surface area contributed by atoms with Crippen molar-refractivity contribution in [3.8, 4) is 28.1 Å².